The fourth-order valence-corrected chi connectivity index (χ4v) is 4.50. The summed E-state index contributed by atoms with van der Waals surface area (Å²) in [5.41, 5.74) is -0.509. The first-order chi connectivity index (χ1) is 15.2. The van der Waals surface area contributed by atoms with E-state index in [9.17, 15) is 19.1 Å². The number of aliphatic carboxylic acids is 1. The van der Waals surface area contributed by atoms with E-state index < -0.39 is 23.2 Å². The Kier molecular flexibility index (Phi) is 7.29. The van der Waals surface area contributed by atoms with E-state index in [1.54, 1.807) is 18.2 Å². The van der Waals surface area contributed by atoms with Gasteiger partial charge in [0.15, 0.2) is 11.6 Å². The van der Waals surface area contributed by atoms with Gasteiger partial charge in [-0.25, -0.2) is 9.18 Å². The number of ether oxygens (including phenoxy) is 2. The van der Waals surface area contributed by atoms with Crippen molar-refractivity contribution in [1.29, 1.82) is 0 Å². The standard InChI is InChI=1S/C24H27ClFNO5/c1-4-14-7-9-24(10-8-14,23(29)30)27-22(28)16-11-17(21(32-3)19(26)13-16)15-5-6-20(31-2)18(25)12-15/h5-6,11-14H,4,7-10H2,1-3H3,(H,27,28)(H,29,30). The molecule has 2 aromatic carbocycles. The van der Waals surface area contributed by atoms with Gasteiger partial charge in [0.1, 0.15) is 11.3 Å². The number of halogens is 2. The minimum absolute atomic E-state index is 0.00322. The maximum atomic E-state index is 14.9. The quantitative estimate of drug-likeness (QED) is 0.580. The molecule has 8 heteroatoms. The molecule has 0 heterocycles. The van der Waals surface area contributed by atoms with Crippen LogP contribution in [0.3, 0.4) is 0 Å². The van der Waals surface area contributed by atoms with E-state index >= 15 is 0 Å². The lowest BCUT2D eigenvalue weighted by Crippen LogP contribution is -2.56. The van der Waals surface area contributed by atoms with Crippen LogP contribution in [0.25, 0.3) is 11.1 Å². The molecule has 32 heavy (non-hydrogen) atoms. The molecule has 1 amide bonds. The molecule has 0 spiro atoms. The van der Waals surface area contributed by atoms with E-state index in [-0.39, 0.29) is 11.3 Å². The van der Waals surface area contributed by atoms with Gasteiger partial charge in [0.05, 0.1) is 19.2 Å². The zero-order valence-corrected chi connectivity index (χ0v) is 19.1. The Morgan fingerprint density at radius 1 is 1.19 bits per heavy atom. The number of carbonyl (C=O) groups excluding carboxylic acids is 1. The topological polar surface area (TPSA) is 84.9 Å². The normalized spacial score (nSPS) is 20.5. The van der Waals surface area contributed by atoms with Crippen molar-refractivity contribution in [3.8, 4) is 22.6 Å². The molecule has 2 aromatic rings. The highest BCUT2D eigenvalue weighted by atomic mass is 35.5. The molecule has 1 aliphatic carbocycles. The maximum absolute atomic E-state index is 14.9. The average molecular weight is 464 g/mol. The Bertz CT molecular complexity index is 1020. The molecule has 0 saturated heterocycles. The van der Waals surface area contributed by atoms with Crippen LogP contribution in [0.1, 0.15) is 49.4 Å². The number of benzene rings is 2. The molecule has 0 aromatic heterocycles. The highest BCUT2D eigenvalue weighted by Crippen LogP contribution is 2.38. The molecular weight excluding hydrogens is 437 g/mol. The second-order valence-electron chi connectivity index (χ2n) is 8.08. The van der Waals surface area contributed by atoms with Crippen LogP contribution in [-0.2, 0) is 4.79 Å². The largest absolute Gasteiger partial charge is 0.495 e. The Labute approximate surface area is 191 Å². The van der Waals surface area contributed by atoms with Crippen LogP contribution in [-0.4, -0.2) is 36.7 Å². The molecule has 1 fully saturated rings. The first-order valence-corrected chi connectivity index (χ1v) is 10.9. The Morgan fingerprint density at radius 3 is 2.41 bits per heavy atom. The van der Waals surface area contributed by atoms with Crippen molar-refractivity contribution >= 4 is 23.5 Å². The van der Waals surface area contributed by atoms with E-state index in [0.717, 1.165) is 25.3 Å². The number of hydrogen-bond acceptors (Lipinski definition) is 4. The first-order valence-electron chi connectivity index (χ1n) is 10.5. The van der Waals surface area contributed by atoms with Gasteiger partial charge in [-0.05, 0) is 61.4 Å². The van der Waals surface area contributed by atoms with Crippen molar-refractivity contribution in [2.75, 3.05) is 14.2 Å². The second-order valence-corrected chi connectivity index (χ2v) is 8.49. The lowest BCUT2D eigenvalue weighted by atomic mass is 9.75. The summed E-state index contributed by atoms with van der Waals surface area (Å²) >= 11 is 6.22. The third-order valence-electron chi connectivity index (χ3n) is 6.27. The van der Waals surface area contributed by atoms with Crippen LogP contribution in [0.15, 0.2) is 30.3 Å². The summed E-state index contributed by atoms with van der Waals surface area (Å²) in [7, 11) is 2.82. The number of carbonyl (C=O) groups is 2. The van der Waals surface area contributed by atoms with Crippen LogP contribution in [0.2, 0.25) is 5.02 Å². The zero-order chi connectivity index (χ0) is 23.5. The molecule has 0 unspecified atom stereocenters. The lowest BCUT2D eigenvalue weighted by Gasteiger charge is -2.37. The summed E-state index contributed by atoms with van der Waals surface area (Å²) < 4.78 is 25.2. The number of nitrogens with one attached hydrogen (secondary N) is 1. The molecule has 0 atom stereocenters. The minimum atomic E-state index is -1.36. The maximum Gasteiger partial charge on any atom is 0.329 e. The van der Waals surface area contributed by atoms with Crippen LogP contribution in [0.4, 0.5) is 4.39 Å². The van der Waals surface area contributed by atoms with E-state index in [1.165, 1.54) is 20.3 Å². The molecule has 3 rings (SSSR count). The molecule has 172 valence electrons. The fourth-order valence-electron chi connectivity index (χ4n) is 4.24. The van der Waals surface area contributed by atoms with Crippen molar-refractivity contribution in [2.45, 2.75) is 44.6 Å². The van der Waals surface area contributed by atoms with Gasteiger partial charge in [-0.15, -0.1) is 0 Å². The molecule has 0 radical (unpaired) electrons. The van der Waals surface area contributed by atoms with Gasteiger partial charge in [0.2, 0.25) is 0 Å². The van der Waals surface area contributed by atoms with Crippen molar-refractivity contribution < 1.29 is 28.6 Å². The number of methoxy groups -OCH3 is 2. The molecule has 0 aliphatic heterocycles. The summed E-state index contributed by atoms with van der Waals surface area (Å²) in [6, 6.07) is 7.42. The zero-order valence-electron chi connectivity index (χ0n) is 18.3. The molecule has 6 nitrogen and oxygen atoms in total. The highest BCUT2D eigenvalue weighted by molar-refractivity contribution is 6.32. The van der Waals surface area contributed by atoms with Gasteiger partial charge in [0.25, 0.3) is 5.91 Å². The number of carboxylic acids is 1. The minimum Gasteiger partial charge on any atom is -0.495 e. The molecule has 0 bridgehead atoms. The number of rotatable bonds is 7. The predicted molar refractivity (Wildman–Crippen MR) is 120 cm³/mol. The Balaban J connectivity index is 1.97. The van der Waals surface area contributed by atoms with E-state index in [4.69, 9.17) is 21.1 Å². The van der Waals surface area contributed by atoms with Crippen LogP contribution in [0.5, 0.6) is 11.5 Å². The predicted octanol–water partition coefficient (Wildman–Crippen LogP) is 5.32. The van der Waals surface area contributed by atoms with Crippen molar-refractivity contribution in [1.82, 2.24) is 5.32 Å². The van der Waals surface area contributed by atoms with E-state index in [1.807, 2.05) is 0 Å². The monoisotopic (exact) mass is 463 g/mol. The summed E-state index contributed by atoms with van der Waals surface area (Å²) in [6.45, 7) is 2.07. The third kappa shape index (κ3) is 4.67. The van der Waals surface area contributed by atoms with E-state index in [0.29, 0.717) is 40.7 Å². The van der Waals surface area contributed by atoms with Gasteiger partial charge in [0, 0.05) is 11.1 Å². The van der Waals surface area contributed by atoms with Gasteiger partial charge in [-0.2, -0.15) is 0 Å². The third-order valence-corrected chi connectivity index (χ3v) is 6.57. The second kappa shape index (κ2) is 9.77. The van der Waals surface area contributed by atoms with Crippen molar-refractivity contribution in [3.63, 3.8) is 0 Å². The number of carboxylic acid groups (broad SMARTS) is 1. The van der Waals surface area contributed by atoms with Crippen LogP contribution < -0.4 is 14.8 Å². The summed E-state index contributed by atoms with van der Waals surface area (Å²) in [6.07, 6.45) is 3.09. The van der Waals surface area contributed by atoms with Crippen molar-refractivity contribution in [2.24, 2.45) is 5.92 Å². The molecular formula is C24H27ClFNO5. The SMILES string of the molecule is CCC1CCC(NC(=O)c2cc(F)c(OC)c(-c3ccc(OC)c(Cl)c3)c2)(C(=O)O)CC1. The molecule has 1 saturated carbocycles. The van der Waals surface area contributed by atoms with Gasteiger partial charge >= 0.3 is 5.97 Å². The van der Waals surface area contributed by atoms with Gasteiger partial charge in [-0.3, -0.25) is 4.79 Å². The number of amides is 1. The van der Waals surface area contributed by atoms with Gasteiger partial charge in [-0.1, -0.05) is 31.0 Å². The Hall–Kier alpha value is -2.80. The van der Waals surface area contributed by atoms with Crippen LogP contribution in [0, 0.1) is 11.7 Å². The van der Waals surface area contributed by atoms with Crippen molar-refractivity contribution in [3.05, 3.63) is 46.7 Å². The summed E-state index contributed by atoms with van der Waals surface area (Å²) in [5, 5.41) is 12.9. The fraction of sp³-hybridized carbons (Fsp3) is 0.417. The summed E-state index contributed by atoms with van der Waals surface area (Å²) in [4.78, 5) is 25.1. The van der Waals surface area contributed by atoms with Gasteiger partial charge < -0.3 is 19.9 Å². The lowest BCUT2D eigenvalue weighted by molar-refractivity contribution is -0.146. The first kappa shape index (κ1) is 23.9. The molecule has 1 aliphatic rings. The molecule has 2 N–H and O–H groups in total. The summed E-state index contributed by atoms with van der Waals surface area (Å²) in [5.74, 6) is -1.60. The Morgan fingerprint density at radius 2 is 1.88 bits per heavy atom. The smallest absolute Gasteiger partial charge is 0.329 e. The van der Waals surface area contributed by atoms with Crippen LogP contribution >= 0.6 is 11.6 Å². The highest BCUT2D eigenvalue weighted by Gasteiger charge is 2.43. The average Bonchev–Trinajstić information content (AvgIpc) is 2.78. The number of hydrogen-bond donors (Lipinski definition) is 2. The van der Waals surface area contributed by atoms with E-state index in [2.05, 4.69) is 12.2 Å².